The van der Waals surface area contributed by atoms with Gasteiger partial charge in [-0.2, -0.15) is 0 Å². The van der Waals surface area contributed by atoms with Crippen LogP contribution in [0.5, 0.6) is 0 Å². The molecule has 88 valence electrons. The molecule has 1 aliphatic heterocycles. The first kappa shape index (κ1) is 12.5. The molecule has 1 fully saturated rings. The number of piperidine rings is 1. The summed E-state index contributed by atoms with van der Waals surface area (Å²) in [7, 11) is 0. The van der Waals surface area contributed by atoms with E-state index < -0.39 is 0 Å². The molecule has 0 aromatic heterocycles. The summed E-state index contributed by atoms with van der Waals surface area (Å²) in [6, 6.07) is 0. The van der Waals surface area contributed by atoms with E-state index in [1.54, 1.807) is 0 Å². The van der Waals surface area contributed by atoms with Gasteiger partial charge in [0, 0.05) is 19.5 Å². The monoisotopic (exact) mass is 212 g/mol. The zero-order valence-electron chi connectivity index (χ0n) is 10.1. The SMILES string of the molecule is CCCN(CC)C(=O)C[C@@H]1CCCNC1. The maximum Gasteiger partial charge on any atom is 0.222 e. The third-order valence-corrected chi connectivity index (χ3v) is 3.09. The van der Waals surface area contributed by atoms with Crippen molar-refractivity contribution >= 4 is 5.91 Å². The molecule has 1 atom stereocenters. The average Bonchev–Trinajstić information content (AvgIpc) is 2.27. The van der Waals surface area contributed by atoms with E-state index >= 15 is 0 Å². The van der Waals surface area contributed by atoms with Crippen LogP contribution >= 0.6 is 0 Å². The van der Waals surface area contributed by atoms with Crippen molar-refractivity contribution in [3.05, 3.63) is 0 Å². The predicted octanol–water partition coefficient (Wildman–Crippen LogP) is 1.63. The highest BCUT2D eigenvalue weighted by Gasteiger charge is 2.19. The fourth-order valence-electron chi connectivity index (χ4n) is 2.20. The van der Waals surface area contributed by atoms with Crippen LogP contribution in [0.15, 0.2) is 0 Å². The van der Waals surface area contributed by atoms with Crippen LogP contribution in [-0.4, -0.2) is 37.0 Å². The fourth-order valence-corrected chi connectivity index (χ4v) is 2.20. The van der Waals surface area contributed by atoms with Crippen LogP contribution in [0.4, 0.5) is 0 Å². The second-order valence-corrected chi connectivity index (χ2v) is 4.39. The van der Waals surface area contributed by atoms with Crippen molar-refractivity contribution in [1.82, 2.24) is 10.2 Å². The Labute approximate surface area is 93.2 Å². The molecule has 0 aliphatic carbocycles. The first-order valence-electron chi connectivity index (χ1n) is 6.26. The summed E-state index contributed by atoms with van der Waals surface area (Å²) in [4.78, 5) is 13.9. The van der Waals surface area contributed by atoms with Crippen LogP contribution in [0, 0.1) is 5.92 Å². The van der Waals surface area contributed by atoms with E-state index in [4.69, 9.17) is 0 Å². The molecule has 0 aromatic carbocycles. The molecule has 0 radical (unpaired) electrons. The highest BCUT2D eigenvalue weighted by Crippen LogP contribution is 2.15. The van der Waals surface area contributed by atoms with E-state index in [0.29, 0.717) is 11.8 Å². The van der Waals surface area contributed by atoms with Gasteiger partial charge in [0.05, 0.1) is 0 Å². The fraction of sp³-hybridized carbons (Fsp3) is 0.917. The topological polar surface area (TPSA) is 32.3 Å². The van der Waals surface area contributed by atoms with E-state index in [2.05, 4.69) is 19.2 Å². The smallest absolute Gasteiger partial charge is 0.222 e. The van der Waals surface area contributed by atoms with Crippen LogP contribution in [0.25, 0.3) is 0 Å². The number of rotatable bonds is 5. The molecule has 1 N–H and O–H groups in total. The van der Waals surface area contributed by atoms with Crippen LogP contribution in [-0.2, 0) is 4.79 Å². The number of hydrogen-bond donors (Lipinski definition) is 1. The molecule has 3 nitrogen and oxygen atoms in total. The zero-order chi connectivity index (χ0) is 11.1. The number of amides is 1. The lowest BCUT2D eigenvalue weighted by molar-refractivity contribution is -0.132. The standard InChI is InChI=1S/C12H24N2O/c1-3-8-14(4-2)12(15)9-11-6-5-7-13-10-11/h11,13H,3-10H2,1-2H3/t11-/m0/s1. The highest BCUT2D eigenvalue weighted by atomic mass is 16.2. The van der Waals surface area contributed by atoms with Crippen molar-refractivity contribution in [2.45, 2.75) is 39.5 Å². The minimum atomic E-state index is 0.341. The molecule has 1 amide bonds. The summed E-state index contributed by atoms with van der Waals surface area (Å²) in [6.45, 7) is 8.10. The number of hydrogen-bond acceptors (Lipinski definition) is 2. The summed E-state index contributed by atoms with van der Waals surface area (Å²) >= 11 is 0. The Hall–Kier alpha value is -0.570. The summed E-state index contributed by atoms with van der Waals surface area (Å²) in [6.07, 6.45) is 4.23. The minimum Gasteiger partial charge on any atom is -0.343 e. The third-order valence-electron chi connectivity index (χ3n) is 3.09. The number of carbonyl (C=O) groups is 1. The molecule has 0 spiro atoms. The van der Waals surface area contributed by atoms with Gasteiger partial charge in [-0.1, -0.05) is 6.92 Å². The quantitative estimate of drug-likeness (QED) is 0.751. The predicted molar refractivity (Wildman–Crippen MR) is 62.8 cm³/mol. The van der Waals surface area contributed by atoms with Crippen molar-refractivity contribution in [3.63, 3.8) is 0 Å². The first-order valence-corrected chi connectivity index (χ1v) is 6.26. The van der Waals surface area contributed by atoms with E-state index in [9.17, 15) is 4.79 Å². The Morgan fingerprint density at radius 1 is 1.47 bits per heavy atom. The van der Waals surface area contributed by atoms with Crippen molar-refractivity contribution < 1.29 is 4.79 Å². The average molecular weight is 212 g/mol. The lowest BCUT2D eigenvalue weighted by Crippen LogP contribution is -2.37. The summed E-state index contributed by atoms with van der Waals surface area (Å²) < 4.78 is 0. The summed E-state index contributed by atoms with van der Waals surface area (Å²) in [5, 5.41) is 3.36. The molecular formula is C12H24N2O. The van der Waals surface area contributed by atoms with E-state index in [1.807, 2.05) is 4.90 Å². The largest absolute Gasteiger partial charge is 0.343 e. The van der Waals surface area contributed by atoms with Crippen molar-refractivity contribution in [2.24, 2.45) is 5.92 Å². The van der Waals surface area contributed by atoms with Gasteiger partial charge in [-0.25, -0.2) is 0 Å². The Morgan fingerprint density at radius 3 is 2.80 bits per heavy atom. The molecule has 1 aliphatic rings. The Kier molecular flexibility index (Phi) is 5.69. The number of nitrogens with zero attached hydrogens (tertiary/aromatic N) is 1. The molecule has 1 rings (SSSR count). The highest BCUT2D eigenvalue weighted by molar-refractivity contribution is 5.76. The summed E-state index contributed by atoms with van der Waals surface area (Å²) in [5.74, 6) is 0.908. The maximum absolute atomic E-state index is 11.9. The third kappa shape index (κ3) is 4.20. The molecule has 0 bridgehead atoms. The molecular weight excluding hydrogens is 188 g/mol. The van der Waals surface area contributed by atoms with Gasteiger partial charge >= 0.3 is 0 Å². The first-order chi connectivity index (χ1) is 7.27. The lowest BCUT2D eigenvalue weighted by atomic mass is 9.95. The van der Waals surface area contributed by atoms with Gasteiger partial charge in [-0.3, -0.25) is 4.79 Å². The molecule has 0 aromatic rings. The maximum atomic E-state index is 11.9. The molecule has 0 unspecified atom stereocenters. The summed E-state index contributed by atoms with van der Waals surface area (Å²) in [5.41, 5.74) is 0. The zero-order valence-corrected chi connectivity index (χ0v) is 10.1. The van der Waals surface area contributed by atoms with Gasteiger partial charge in [0.15, 0.2) is 0 Å². The van der Waals surface area contributed by atoms with E-state index in [1.165, 1.54) is 12.8 Å². The molecule has 1 heterocycles. The Bertz CT molecular complexity index is 188. The van der Waals surface area contributed by atoms with Gasteiger partial charge in [0.1, 0.15) is 0 Å². The Balaban J connectivity index is 2.31. The molecule has 1 saturated heterocycles. The van der Waals surface area contributed by atoms with Gasteiger partial charge < -0.3 is 10.2 Å². The number of nitrogens with one attached hydrogen (secondary N) is 1. The van der Waals surface area contributed by atoms with Gasteiger partial charge in [0.25, 0.3) is 0 Å². The van der Waals surface area contributed by atoms with E-state index in [-0.39, 0.29) is 0 Å². The number of carbonyl (C=O) groups excluding carboxylic acids is 1. The normalized spacial score (nSPS) is 21.3. The van der Waals surface area contributed by atoms with Crippen LogP contribution < -0.4 is 5.32 Å². The van der Waals surface area contributed by atoms with Crippen LogP contribution in [0.2, 0.25) is 0 Å². The molecule has 0 saturated carbocycles. The van der Waals surface area contributed by atoms with Gasteiger partial charge in [-0.05, 0) is 45.2 Å². The minimum absolute atomic E-state index is 0.341. The molecule has 15 heavy (non-hydrogen) atoms. The van der Waals surface area contributed by atoms with Gasteiger partial charge in [0.2, 0.25) is 5.91 Å². The van der Waals surface area contributed by atoms with Crippen LogP contribution in [0.3, 0.4) is 0 Å². The van der Waals surface area contributed by atoms with Crippen molar-refractivity contribution in [2.75, 3.05) is 26.2 Å². The van der Waals surface area contributed by atoms with Crippen molar-refractivity contribution in [1.29, 1.82) is 0 Å². The lowest BCUT2D eigenvalue weighted by Gasteiger charge is -2.26. The van der Waals surface area contributed by atoms with Gasteiger partial charge in [-0.15, -0.1) is 0 Å². The second kappa shape index (κ2) is 6.83. The van der Waals surface area contributed by atoms with E-state index in [0.717, 1.165) is 39.0 Å². The Morgan fingerprint density at radius 2 is 2.27 bits per heavy atom. The molecule has 3 heteroatoms. The van der Waals surface area contributed by atoms with Crippen LogP contribution in [0.1, 0.15) is 39.5 Å². The van der Waals surface area contributed by atoms with Crippen molar-refractivity contribution in [3.8, 4) is 0 Å². The second-order valence-electron chi connectivity index (χ2n) is 4.39.